The van der Waals surface area contributed by atoms with Gasteiger partial charge in [0.25, 0.3) is 0 Å². The first-order valence-corrected chi connectivity index (χ1v) is 9.29. The van der Waals surface area contributed by atoms with Gasteiger partial charge in [-0.2, -0.15) is 11.0 Å². The molecule has 6 nitrogen and oxygen atoms in total. The average Bonchev–Trinajstić information content (AvgIpc) is 3.09. The number of benzene rings is 1. The number of aromatic amines is 1. The van der Waals surface area contributed by atoms with Crippen LogP contribution in [0.2, 0.25) is 0 Å². The summed E-state index contributed by atoms with van der Waals surface area (Å²) in [7, 11) is 0. The second-order valence-electron chi connectivity index (χ2n) is 6.85. The topological polar surface area (TPSA) is 85.8 Å². The van der Waals surface area contributed by atoms with Gasteiger partial charge in [-0.1, -0.05) is 30.3 Å². The molecule has 0 aliphatic rings. The molecule has 142 valence electrons. The number of fused-ring (bicyclic) bond motifs is 1. The summed E-state index contributed by atoms with van der Waals surface area (Å²) in [5.74, 6) is 0.0279. The number of nitrogens with zero attached hydrogens (tertiary/aromatic N) is 1. The molecular formula is C21H27N5O. The Balaban J connectivity index is 1.50. The van der Waals surface area contributed by atoms with Gasteiger partial charge >= 0.3 is 0 Å². The van der Waals surface area contributed by atoms with E-state index in [0.29, 0.717) is 12.3 Å². The molecule has 6 heteroatoms. The molecule has 2 atom stereocenters. The third-order valence-electron chi connectivity index (χ3n) is 4.81. The molecule has 0 saturated heterocycles. The standard InChI is InChI=1S/C21H27N5O/c1-15(22)20(13-18-14-24-21-19(18)9-6-11-23-21)16(2)26-27-25-12-10-17-7-4-3-5-8-17/h3-9,11,14,16,20,22,25-26H,10,12-13H2,1-2H3,(H,23,24). The zero-order chi connectivity index (χ0) is 19.1. The Morgan fingerprint density at radius 2 is 2.04 bits per heavy atom. The normalized spacial score (nSPS) is 13.6. The predicted octanol–water partition coefficient (Wildman–Crippen LogP) is 3.42. The van der Waals surface area contributed by atoms with Gasteiger partial charge in [-0.15, -0.1) is 0 Å². The van der Waals surface area contributed by atoms with Gasteiger partial charge < -0.3 is 10.4 Å². The number of hydrogen-bond donors (Lipinski definition) is 4. The Bertz CT molecular complexity index is 861. The average molecular weight is 365 g/mol. The molecule has 0 aliphatic carbocycles. The van der Waals surface area contributed by atoms with Crippen LogP contribution in [0.4, 0.5) is 0 Å². The maximum absolute atomic E-state index is 8.18. The van der Waals surface area contributed by atoms with Crippen molar-refractivity contribution in [3.8, 4) is 0 Å². The van der Waals surface area contributed by atoms with E-state index in [1.54, 1.807) is 6.20 Å². The minimum absolute atomic E-state index is 0.00616. The third kappa shape index (κ3) is 5.23. The summed E-state index contributed by atoms with van der Waals surface area (Å²) in [6.07, 6.45) is 5.41. The lowest BCUT2D eigenvalue weighted by molar-refractivity contribution is -0.0583. The van der Waals surface area contributed by atoms with Gasteiger partial charge in [-0.3, -0.25) is 0 Å². The predicted molar refractivity (Wildman–Crippen MR) is 109 cm³/mol. The molecule has 3 aromatic rings. The molecule has 2 unspecified atom stereocenters. The maximum atomic E-state index is 8.18. The summed E-state index contributed by atoms with van der Waals surface area (Å²) >= 11 is 0. The number of H-pyrrole nitrogens is 1. The number of hydrogen-bond acceptors (Lipinski definition) is 5. The first-order chi connectivity index (χ1) is 13.1. The van der Waals surface area contributed by atoms with E-state index in [1.807, 2.05) is 44.3 Å². The Kier molecular flexibility index (Phi) is 6.70. The van der Waals surface area contributed by atoms with Crippen molar-refractivity contribution in [2.45, 2.75) is 32.7 Å². The zero-order valence-corrected chi connectivity index (χ0v) is 15.8. The molecule has 3 rings (SSSR count). The lowest BCUT2D eigenvalue weighted by Gasteiger charge is -2.23. The highest BCUT2D eigenvalue weighted by molar-refractivity contribution is 5.84. The van der Waals surface area contributed by atoms with Crippen molar-refractivity contribution < 1.29 is 4.94 Å². The first-order valence-electron chi connectivity index (χ1n) is 9.29. The van der Waals surface area contributed by atoms with Crippen LogP contribution in [0.5, 0.6) is 0 Å². The highest BCUT2D eigenvalue weighted by Crippen LogP contribution is 2.21. The molecule has 1 aromatic carbocycles. The molecule has 27 heavy (non-hydrogen) atoms. The van der Waals surface area contributed by atoms with E-state index >= 15 is 0 Å². The van der Waals surface area contributed by atoms with Crippen LogP contribution in [0.15, 0.2) is 54.9 Å². The first kappa shape index (κ1) is 19.2. The lowest BCUT2D eigenvalue weighted by Crippen LogP contribution is -2.41. The second-order valence-corrected chi connectivity index (χ2v) is 6.85. The van der Waals surface area contributed by atoms with Gasteiger partial charge in [0.1, 0.15) is 5.65 Å². The molecule has 2 heterocycles. The number of pyridine rings is 1. The summed E-state index contributed by atoms with van der Waals surface area (Å²) in [4.78, 5) is 13.0. The van der Waals surface area contributed by atoms with Crippen LogP contribution in [0.3, 0.4) is 0 Å². The summed E-state index contributed by atoms with van der Waals surface area (Å²) < 4.78 is 0. The van der Waals surface area contributed by atoms with Crippen molar-refractivity contribution in [3.63, 3.8) is 0 Å². The van der Waals surface area contributed by atoms with Crippen molar-refractivity contribution in [1.82, 2.24) is 20.9 Å². The van der Waals surface area contributed by atoms with Crippen molar-refractivity contribution >= 4 is 16.7 Å². The van der Waals surface area contributed by atoms with Crippen LogP contribution >= 0.6 is 0 Å². The fraction of sp³-hybridized carbons (Fsp3) is 0.333. The van der Waals surface area contributed by atoms with E-state index in [2.05, 4.69) is 39.1 Å². The largest absolute Gasteiger partial charge is 0.346 e. The Labute approximate surface area is 159 Å². The van der Waals surface area contributed by atoms with Crippen LogP contribution in [-0.2, 0) is 17.8 Å². The summed E-state index contributed by atoms with van der Waals surface area (Å²) in [6, 6.07) is 14.3. The van der Waals surface area contributed by atoms with Crippen molar-refractivity contribution in [2.24, 2.45) is 5.92 Å². The zero-order valence-electron chi connectivity index (χ0n) is 15.8. The van der Waals surface area contributed by atoms with Gasteiger partial charge in [-0.05, 0) is 49.9 Å². The van der Waals surface area contributed by atoms with Gasteiger partial charge in [0.2, 0.25) is 0 Å². The second kappa shape index (κ2) is 9.41. The SMILES string of the molecule is CC(=N)C(Cc1c[nH]c2ncccc12)C(C)NONCCc1ccccc1. The van der Waals surface area contributed by atoms with Crippen LogP contribution in [0, 0.1) is 11.3 Å². The molecular weight excluding hydrogens is 338 g/mol. The molecule has 0 aliphatic heterocycles. The van der Waals surface area contributed by atoms with E-state index in [9.17, 15) is 0 Å². The monoisotopic (exact) mass is 365 g/mol. The summed E-state index contributed by atoms with van der Waals surface area (Å²) in [5.41, 5.74) is 9.92. The van der Waals surface area contributed by atoms with Crippen LogP contribution in [0.1, 0.15) is 25.0 Å². The smallest absolute Gasteiger partial charge is 0.137 e. The quantitative estimate of drug-likeness (QED) is 0.252. The minimum Gasteiger partial charge on any atom is -0.346 e. The van der Waals surface area contributed by atoms with Gasteiger partial charge in [0, 0.05) is 42.0 Å². The molecule has 0 fully saturated rings. The Morgan fingerprint density at radius 3 is 2.81 bits per heavy atom. The number of rotatable bonds is 10. The number of hydroxylamine groups is 2. The fourth-order valence-corrected chi connectivity index (χ4v) is 3.23. The van der Waals surface area contributed by atoms with Gasteiger partial charge in [0.15, 0.2) is 0 Å². The van der Waals surface area contributed by atoms with Gasteiger partial charge in [-0.25, -0.2) is 9.92 Å². The highest BCUT2D eigenvalue weighted by Gasteiger charge is 2.21. The van der Waals surface area contributed by atoms with Gasteiger partial charge in [0.05, 0.1) is 0 Å². The molecule has 2 aromatic heterocycles. The molecule has 0 amide bonds. The summed E-state index contributed by atoms with van der Waals surface area (Å²) in [5, 5.41) is 9.29. The molecule has 0 bridgehead atoms. The molecule has 4 N–H and O–H groups in total. The third-order valence-corrected chi connectivity index (χ3v) is 4.81. The van der Waals surface area contributed by atoms with E-state index in [-0.39, 0.29) is 12.0 Å². The van der Waals surface area contributed by atoms with Crippen LogP contribution in [0.25, 0.3) is 11.0 Å². The van der Waals surface area contributed by atoms with Crippen molar-refractivity contribution in [2.75, 3.05) is 6.54 Å². The lowest BCUT2D eigenvalue weighted by atomic mass is 9.90. The van der Waals surface area contributed by atoms with E-state index < -0.39 is 0 Å². The van der Waals surface area contributed by atoms with Crippen molar-refractivity contribution in [1.29, 1.82) is 5.41 Å². The maximum Gasteiger partial charge on any atom is 0.137 e. The fourth-order valence-electron chi connectivity index (χ4n) is 3.23. The van der Waals surface area contributed by atoms with Crippen LogP contribution < -0.4 is 11.0 Å². The molecule has 0 spiro atoms. The highest BCUT2D eigenvalue weighted by atomic mass is 16.8. The Morgan fingerprint density at radius 1 is 1.22 bits per heavy atom. The Hall–Kier alpha value is -2.54. The number of aromatic nitrogens is 2. The number of nitrogens with one attached hydrogen (secondary N) is 4. The van der Waals surface area contributed by atoms with E-state index in [1.165, 1.54) is 11.1 Å². The minimum atomic E-state index is -0.00616. The molecule has 0 radical (unpaired) electrons. The summed E-state index contributed by atoms with van der Waals surface area (Å²) in [6.45, 7) is 4.60. The van der Waals surface area contributed by atoms with Crippen molar-refractivity contribution in [3.05, 3.63) is 66.0 Å². The molecule has 0 saturated carbocycles. The van der Waals surface area contributed by atoms with E-state index in [0.717, 1.165) is 23.9 Å². The van der Waals surface area contributed by atoms with E-state index in [4.69, 9.17) is 10.3 Å². The van der Waals surface area contributed by atoms with Crippen LogP contribution in [-0.4, -0.2) is 28.3 Å².